The summed E-state index contributed by atoms with van der Waals surface area (Å²) in [4.78, 5) is 10.8. The number of hydrogen-bond acceptors (Lipinski definition) is 2. The molecule has 2 rings (SSSR count). The summed E-state index contributed by atoms with van der Waals surface area (Å²) in [5.41, 5.74) is 0.654. The number of carbonyl (C=O) groups is 1. The summed E-state index contributed by atoms with van der Waals surface area (Å²) in [6, 6.07) is 5.64. The zero-order valence-electron chi connectivity index (χ0n) is 8.41. The molecule has 0 N–H and O–H groups in total. The Labute approximate surface area is 103 Å². The first kappa shape index (κ1) is 10.9. The Balaban J connectivity index is 2.07. The average molecular weight is 316 g/mol. The van der Waals surface area contributed by atoms with Gasteiger partial charge in [-0.15, -0.1) is 0 Å². The molecule has 1 aliphatic rings. The summed E-state index contributed by atoms with van der Waals surface area (Å²) < 4.78 is 6.73. The number of para-hydroxylation sites is 1. The van der Waals surface area contributed by atoms with Gasteiger partial charge in [-0.25, -0.2) is 0 Å². The van der Waals surface area contributed by atoms with Gasteiger partial charge < -0.3 is 4.74 Å². The fourth-order valence-corrected chi connectivity index (χ4v) is 2.31. The van der Waals surface area contributed by atoms with Crippen LogP contribution >= 0.6 is 22.6 Å². The zero-order chi connectivity index (χ0) is 10.7. The molecule has 1 fully saturated rings. The van der Waals surface area contributed by atoms with Gasteiger partial charge in [0.2, 0.25) is 0 Å². The molecular formula is C12H13IO2. The molecule has 15 heavy (non-hydrogen) atoms. The molecule has 2 nitrogen and oxygen atoms in total. The van der Waals surface area contributed by atoms with Gasteiger partial charge in [0.1, 0.15) is 5.75 Å². The first-order chi connectivity index (χ1) is 7.31. The van der Waals surface area contributed by atoms with E-state index in [9.17, 15) is 4.79 Å². The summed E-state index contributed by atoms with van der Waals surface area (Å²) >= 11 is 2.20. The van der Waals surface area contributed by atoms with E-state index < -0.39 is 0 Å². The lowest BCUT2D eigenvalue weighted by atomic mass is 9.86. The van der Waals surface area contributed by atoms with Crippen molar-refractivity contribution < 1.29 is 9.53 Å². The van der Waals surface area contributed by atoms with Crippen LogP contribution in [-0.2, 0) is 0 Å². The number of halogens is 1. The molecule has 0 atom stereocenters. The largest absolute Gasteiger partial charge is 0.491 e. The third-order valence-electron chi connectivity index (χ3n) is 2.81. The van der Waals surface area contributed by atoms with Crippen molar-refractivity contribution in [2.24, 2.45) is 5.92 Å². The van der Waals surface area contributed by atoms with Crippen molar-refractivity contribution in [3.05, 3.63) is 27.3 Å². The van der Waals surface area contributed by atoms with Crippen LogP contribution in [0.1, 0.15) is 29.6 Å². The summed E-state index contributed by atoms with van der Waals surface area (Å²) in [6.45, 7) is 0.751. The minimum absolute atomic E-state index is 0.654. The molecule has 1 saturated carbocycles. The molecule has 0 aliphatic heterocycles. The van der Waals surface area contributed by atoms with Gasteiger partial charge in [-0.3, -0.25) is 4.79 Å². The highest BCUT2D eigenvalue weighted by molar-refractivity contribution is 14.1. The van der Waals surface area contributed by atoms with Gasteiger partial charge in [0, 0.05) is 0 Å². The smallest absolute Gasteiger partial charge is 0.153 e. The second-order valence-corrected chi connectivity index (χ2v) is 5.05. The van der Waals surface area contributed by atoms with Crippen LogP contribution in [-0.4, -0.2) is 12.9 Å². The average Bonchev–Trinajstić information content (AvgIpc) is 2.17. The quantitative estimate of drug-likeness (QED) is 0.629. The highest BCUT2D eigenvalue weighted by Crippen LogP contribution is 2.29. The maximum absolute atomic E-state index is 10.8. The van der Waals surface area contributed by atoms with Crippen molar-refractivity contribution >= 4 is 28.9 Å². The van der Waals surface area contributed by atoms with Gasteiger partial charge in [0.15, 0.2) is 6.29 Å². The molecule has 80 valence electrons. The topological polar surface area (TPSA) is 26.3 Å². The molecule has 0 bridgehead atoms. The Kier molecular flexibility index (Phi) is 3.61. The van der Waals surface area contributed by atoms with E-state index in [-0.39, 0.29) is 0 Å². The van der Waals surface area contributed by atoms with Crippen LogP contribution in [0.2, 0.25) is 0 Å². The number of rotatable bonds is 4. The second-order valence-electron chi connectivity index (χ2n) is 3.88. The van der Waals surface area contributed by atoms with Gasteiger partial charge in [0.05, 0.1) is 15.7 Å². The lowest BCUT2D eigenvalue weighted by molar-refractivity contribution is 0.111. The van der Waals surface area contributed by atoms with Crippen LogP contribution < -0.4 is 4.74 Å². The number of ether oxygens (including phenoxy) is 1. The SMILES string of the molecule is O=Cc1cccc(I)c1OCC1CCC1. The highest BCUT2D eigenvalue weighted by atomic mass is 127. The Morgan fingerprint density at radius 1 is 1.47 bits per heavy atom. The van der Waals surface area contributed by atoms with Crippen LogP contribution in [0.15, 0.2) is 18.2 Å². The fraction of sp³-hybridized carbons (Fsp3) is 0.417. The van der Waals surface area contributed by atoms with Crippen molar-refractivity contribution in [2.45, 2.75) is 19.3 Å². The molecule has 0 heterocycles. The van der Waals surface area contributed by atoms with Gasteiger partial charge in [0.25, 0.3) is 0 Å². The highest BCUT2D eigenvalue weighted by Gasteiger charge is 2.19. The van der Waals surface area contributed by atoms with Gasteiger partial charge in [-0.1, -0.05) is 12.5 Å². The first-order valence-electron chi connectivity index (χ1n) is 5.17. The minimum Gasteiger partial charge on any atom is -0.491 e. The molecular weight excluding hydrogens is 303 g/mol. The van der Waals surface area contributed by atoms with Crippen LogP contribution in [0.3, 0.4) is 0 Å². The Bertz CT molecular complexity index is 359. The molecule has 0 aromatic heterocycles. The van der Waals surface area contributed by atoms with Crippen LogP contribution in [0.5, 0.6) is 5.75 Å². The molecule has 1 aromatic rings. The summed E-state index contributed by atoms with van der Waals surface area (Å²) in [5.74, 6) is 1.44. The fourth-order valence-electron chi connectivity index (χ4n) is 1.63. The molecule has 0 spiro atoms. The van der Waals surface area contributed by atoms with E-state index in [0.29, 0.717) is 11.5 Å². The Morgan fingerprint density at radius 3 is 2.87 bits per heavy atom. The Hall–Kier alpha value is -0.580. The molecule has 0 amide bonds. The van der Waals surface area contributed by atoms with E-state index in [4.69, 9.17) is 4.74 Å². The predicted molar refractivity (Wildman–Crippen MR) is 67.4 cm³/mol. The number of hydrogen-bond donors (Lipinski definition) is 0. The van der Waals surface area contributed by atoms with Crippen molar-refractivity contribution in [3.63, 3.8) is 0 Å². The third kappa shape index (κ3) is 2.51. The van der Waals surface area contributed by atoms with Crippen LogP contribution in [0.25, 0.3) is 0 Å². The van der Waals surface area contributed by atoms with Crippen molar-refractivity contribution in [2.75, 3.05) is 6.61 Å². The summed E-state index contributed by atoms with van der Waals surface area (Å²) in [5, 5.41) is 0. The summed E-state index contributed by atoms with van der Waals surface area (Å²) in [6.07, 6.45) is 4.71. The van der Waals surface area contributed by atoms with Gasteiger partial charge in [-0.2, -0.15) is 0 Å². The standard InChI is InChI=1S/C12H13IO2/c13-11-6-2-5-10(7-14)12(11)15-8-9-3-1-4-9/h2,5-7,9H,1,3-4,8H2. The maximum atomic E-state index is 10.8. The Morgan fingerprint density at radius 2 is 2.27 bits per heavy atom. The molecule has 0 saturated heterocycles. The van der Waals surface area contributed by atoms with Crippen molar-refractivity contribution in [1.29, 1.82) is 0 Å². The molecule has 0 unspecified atom stereocenters. The molecule has 3 heteroatoms. The van der Waals surface area contributed by atoms with Crippen molar-refractivity contribution in [1.82, 2.24) is 0 Å². The van der Waals surface area contributed by atoms with E-state index in [0.717, 1.165) is 22.2 Å². The summed E-state index contributed by atoms with van der Waals surface area (Å²) in [7, 11) is 0. The van der Waals surface area contributed by atoms with Crippen molar-refractivity contribution in [3.8, 4) is 5.75 Å². The molecule has 1 aromatic carbocycles. The predicted octanol–water partition coefficient (Wildman–Crippen LogP) is 3.28. The second kappa shape index (κ2) is 4.96. The lowest BCUT2D eigenvalue weighted by Crippen LogP contribution is -2.20. The number of benzene rings is 1. The normalized spacial score (nSPS) is 15.8. The minimum atomic E-state index is 0.654. The zero-order valence-corrected chi connectivity index (χ0v) is 10.6. The first-order valence-corrected chi connectivity index (χ1v) is 6.25. The van der Waals surface area contributed by atoms with E-state index in [1.807, 2.05) is 12.1 Å². The van der Waals surface area contributed by atoms with E-state index in [2.05, 4.69) is 22.6 Å². The van der Waals surface area contributed by atoms with E-state index >= 15 is 0 Å². The van der Waals surface area contributed by atoms with Gasteiger partial charge in [-0.05, 0) is 53.5 Å². The third-order valence-corrected chi connectivity index (χ3v) is 3.66. The van der Waals surface area contributed by atoms with Gasteiger partial charge >= 0.3 is 0 Å². The molecule has 0 radical (unpaired) electrons. The lowest BCUT2D eigenvalue weighted by Gasteiger charge is -2.25. The maximum Gasteiger partial charge on any atom is 0.153 e. The van der Waals surface area contributed by atoms with E-state index in [1.54, 1.807) is 6.07 Å². The van der Waals surface area contributed by atoms with E-state index in [1.165, 1.54) is 19.3 Å². The number of aldehydes is 1. The number of carbonyl (C=O) groups excluding carboxylic acids is 1. The molecule has 1 aliphatic carbocycles. The van der Waals surface area contributed by atoms with Crippen LogP contribution in [0, 0.1) is 9.49 Å². The monoisotopic (exact) mass is 316 g/mol. The van der Waals surface area contributed by atoms with Crippen LogP contribution in [0.4, 0.5) is 0 Å².